The molecule has 0 bridgehead atoms. The molecule has 0 radical (unpaired) electrons. The first-order valence-electron chi connectivity index (χ1n) is 8.91. The number of fused-ring (bicyclic) bond motifs is 2. The number of carbonyl (C=O) groups is 1. The van der Waals surface area contributed by atoms with Crippen LogP contribution in [0.15, 0.2) is 57.7 Å². The van der Waals surface area contributed by atoms with Gasteiger partial charge in [0.1, 0.15) is 17.2 Å². The minimum atomic E-state index is -0.417. The highest BCUT2D eigenvalue weighted by Crippen LogP contribution is 2.22. The van der Waals surface area contributed by atoms with E-state index in [1.54, 1.807) is 18.2 Å². The largest absolute Gasteiger partial charge is 0.484 e. The Morgan fingerprint density at radius 2 is 2.07 bits per heavy atom. The van der Waals surface area contributed by atoms with E-state index >= 15 is 0 Å². The molecule has 1 atom stereocenters. The third-order valence-corrected chi connectivity index (χ3v) is 4.49. The Morgan fingerprint density at radius 3 is 2.89 bits per heavy atom. The molecule has 142 valence electrons. The first-order valence-corrected chi connectivity index (χ1v) is 8.91. The van der Waals surface area contributed by atoms with Gasteiger partial charge < -0.3 is 19.5 Å². The van der Waals surface area contributed by atoms with Crippen molar-refractivity contribution < 1.29 is 13.9 Å². The Morgan fingerprint density at radius 1 is 1.25 bits per heavy atom. The number of aromatic nitrogens is 2. The van der Waals surface area contributed by atoms with Gasteiger partial charge in [0.15, 0.2) is 6.61 Å². The Labute approximate surface area is 160 Å². The molecule has 0 aliphatic rings. The van der Waals surface area contributed by atoms with Crippen molar-refractivity contribution in [2.75, 3.05) is 6.61 Å². The first kappa shape index (κ1) is 17.8. The summed E-state index contributed by atoms with van der Waals surface area (Å²) in [5, 5.41) is 3.68. The van der Waals surface area contributed by atoms with Gasteiger partial charge in [-0.1, -0.05) is 12.1 Å². The molecule has 0 aliphatic carbocycles. The maximum Gasteiger partial charge on any atom is 0.336 e. The minimum absolute atomic E-state index is 0.161. The molecule has 7 heteroatoms. The molecule has 0 unspecified atom stereocenters. The average molecular weight is 377 g/mol. The molecule has 4 rings (SSSR count). The van der Waals surface area contributed by atoms with Crippen LogP contribution in [0, 0.1) is 6.92 Å². The molecule has 0 saturated heterocycles. The van der Waals surface area contributed by atoms with E-state index < -0.39 is 5.63 Å². The normalized spacial score (nSPS) is 12.2. The molecule has 0 fully saturated rings. The van der Waals surface area contributed by atoms with E-state index in [1.165, 1.54) is 6.07 Å². The number of carbonyl (C=O) groups excluding carboxylic acids is 1. The molecule has 2 aromatic heterocycles. The number of aromatic amines is 1. The van der Waals surface area contributed by atoms with Crippen molar-refractivity contribution in [2.24, 2.45) is 0 Å². The van der Waals surface area contributed by atoms with Crippen molar-refractivity contribution in [1.82, 2.24) is 15.3 Å². The number of benzene rings is 2. The van der Waals surface area contributed by atoms with E-state index in [1.807, 2.05) is 38.1 Å². The number of aryl methyl sites for hydroxylation is 1. The maximum atomic E-state index is 12.2. The molecule has 28 heavy (non-hydrogen) atoms. The van der Waals surface area contributed by atoms with Crippen molar-refractivity contribution in [2.45, 2.75) is 19.9 Å². The van der Waals surface area contributed by atoms with Crippen molar-refractivity contribution in [3.63, 3.8) is 0 Å². The average Bonchev–Trinajstić information content (AvgIpc) is 3.10. The van der Waals surface area contributed by atoms with Crippen LogP contribution in [0.2, 0.25) is 0 Å². The lowest BCUT2D eigenvalue weighted by atomic mass is 10.1. The minimum Gasteiger partial charge on any atom is -0.484 e. The Hall–Kier alpha value is -3.61. The van der Waals surface area contributed by atoms with Gasteiger partial charge in [0.2, 0.25) is 0 Å². The lowest BCUT2D eigenvalue weighted by Gasteiger charge is -2.12. The number of nitrogens with one attached hydrogen (secondary N) is 2. The highest BCUT2D eigenvalue weighted by atomic mass is 16.5. The van der Waals surface area contributed by atoms with Gasteiger partial charge >= 0.3 is 5.63 Å². The lowest BCUT2D eigenvalue weighted by molar-refractivity contribution is -0.123. The molecule has 0 saturated carbocycles. The number of rotatable bonds is 5. The van der Waals surface area contributed by atoms with Crippen LogP contribution in [-0.4, -0.2) is 22.5 Å². The topological polar surface area (TPSA) is 97.2 Å². The van der Waals surface area contributed by atoms with E-state index in [9.17, 15) is 9.59 Å². The number of H-pyrrole nitrogens is 1. The van der Waals surface area contributed by atoms with Crippen molar-refractivity contribution in [3.8, 4) is 5.75 Å². The van der Waals surface area contributed by atoms with Gasteiger partial charge in [-0.05, 0) is 43.7 Å². The van der Waals surface area contributed by atoms with Gasteiger partial charge in [0.25, 0.3) is 5.91 Å². The van der Waals surface area contributed by atoms with Crippen LogP contribution in [0.3, 0.4) is 0 Å². The van der Waals surface area contributed by atoms with E-state index in [0.717, 1.165) is 22.0 Å². The second-order valence-electron chi connectivity index (χ2n) is 6.62. The molecule has 2 heterocycles. The second kappa shape index (κ2) is 7.19. The Bertz CT molecular complexity index is 1190. The van der Waals surface area contributed by atoms with Crippen molar-refractivity contribution in [1.29, 1.82) is 0 Å². The summed E-state index contributed by atoms with van der Waals surface area (Å²) in [4.78, 5) is 31.4. The molecule has 2 N–H and O–H groups in total. The number of ether oxygens (including phenoxy) is 1. The van der Waals surface area contributed by atoms with E-state index in [-0.39, 0.29) is 18.6 Å². The predicted molar refractivity (Wildman–Crippen MR) is 105 cm³/mol. The summed E-state index contributed by atoms with van der Waals surface area (Å²) in [6.07, 6.45) is 0. The smallest absolute Gasteiger partial charge is 0.336 e. The summed E-state index contributed by atoms with van der Waals surface area (Å²) in [5.41, 5.74) is 2.61. The van der Waals surface area contributed by atoms with Crippen LogP contribution in [0.1, 0.15) is 24.4 Å². The third-order valence-electron chi connectivity index (χ3n) is 4.49. The zero-order valence-electron chi connectivity index (χ0n) is 15.5. The first-order chi connectivity index (χ1) is 13.5. The van der Waals surface area contributed by atoms with Crippen molar-refractivity contribution in [3.05, 3.63) is 70.3 Å². The molecule has 4 aromatic rings. The summed E-state index contributed by atoms with van der Waals surface area (Å²) in [5.74, 6) is 0.851. The summed E-state index contributed by atoms with van der Waals surface area (Å²) in [7, 11) is 0. The van der Waals surface area contributed by atoms with Gasteiger partial charge in [-0.25, -0.2) is 9.78 Å². The number of hydrogen-bond donors (Lipinski definition) is 2. The molecule has 2 aromatic carbocycles. The van der Waals surface area contributed by atoms with Gasteiger partial charge in [0, 0.05) is 17.5 Å². The molecular weight excluding hydrogens is 358 g/mol. The fraction of sp³-hybridized carbons (Fsp3) is 0.190. The van der Waals surface area contributed by atoms with Gasteiger partial charge in [-0.3, -0.25) is 4.79 Å². The molecular formula is C21H19N3O4. The highest BCUT2D eigenvalue weighted by Gasteiger charge is 2.14. The number of para-hydroxylation sites is 2. The van der Waals surface area contributed by atoms with Crippen LogP contribution in [0.25, 0.3) is 22.0 Å². The Kier molecular flexibility index (Phi) is 4.57. The van der Waals surface area contributed by atoms with E-state index in [4.69, 9.17) is 9.15 Å². The second-order valence-corrected chi connectivity index (χ2v) is 6.62. The van der Waals surface area contributed by atoms with Crippen LogP contribution >= 0.6 is 0 Å². The standard InChI is InChI=1S/C21H19N3O4/c1-12-9-20(26)28-18-10-14(7-8-15(12)18)27-11-19(25)22-13(2)21-23-16-5-3-4-6-17(16)24-21/h3-10,13H,11H2,1-2H3,(H,22,25)(H,23,24)/t13-/m0/s1. The highest BCUT2D eigenvalue weighted by molar-refractivity contribution is 5.82. The zero-order valence-corrected chi connectivity index (χ0v) is 15.5. The summed E-state index contributed by atoms with van der Waals surface area (Å²) < 4.78 is 10.7. The van der Waals surface area contributed by atoms with Gasteiger partial charge in [-0.15, -0.1) is 0 Å². The van der Waals surface area contributed by atoms with Crippen LogP contribution in [0.5, 0.6) is 5.75 Å². The fourth-order valence-electron chi connectivity index (χ4n) is 3.07. The lowest BCUT2D eigenvalue weighted by Crippen LogP contribution is -2.31. The molecule has 1 amide bonds. The number of amides is 1. The van der Waals surface area contributed by atoms with E-state index in [2.05, 4.69) is 15.3 Å². The fourth-order valence-corrected chi connectivity index (χ4v) is 3.07. The SMILES string of the molecule is Cc1cc(=O)oc2cc(OCC(=O)N[C@@H](C)c3nc4ccccc4[nH]3)ccc12. The molecule has 7 nitrogen and oxygen atoms in total. The van der Waals surface area contributed by atoms with Crippen LogP contribution < -0.4 is 15.7 Å². The number of imidazole rings is 1. The number of nitrogens with zero attached hydrogens (tertiary/aromatic N) is 1. The summed E-state index contributed by atoms with van der Waals surface area (Å²) in [6, 6.07) is 14.0. The molecule has 0 aliphatic heterocycles. The van der Waals surface area contributed by atoms with E-state index in [0.29, 0.717) is 17.2 Å². The molecule has 0 spiro atoms. The third kappa shape index (κ3) is 3.59. The maximum absolute atomic E-state index is 12.2. The number of hydrogen-bond acceptors (Lipinski definition) is 5. The van der Waals surface area contributed by atoms with Crippen LogP contribution in [-0.2, 0) is 4.79 Å². The van der Waals surface area contributed by atoms with Gasteiger partial charge in [-0.2, -0.15) is 0 Å². The van der Waals surface area contributed by atoms with Gasteiger partial charge in [0.05, 0.1) is 17.1 Å². The zero-order chi connectivity index (χ0) is 19.7. The van der Waals surface area contributed by atoms with Crippen LogP contribution in [0.4, 0.5) is 0 Å². The predicted octanol–water partition coefficient (Wildman–Crippen LogP) is 3.23. The summed E-state index contributed by atoms with van der Waals surface area (Å²) >= 11 is 0. The monoisotopic (exact) mass is 377 g/mol. The Balaban J connectivity index is 1.41. The summed E-state index contributed by atoms with van der Waals surface area (Å²) in [6.45, 7) is 3.53. The quantitative estimate of drug-likeness (QED) is 0.521. The van der Waals surface area contributed by atoms with Crippen molar-refractivity contribution >= 4 is 27.9 Å².